The molecular weight excluding hydrogens is 540 g/mol. The van der Waals surface area contributed by atoms with Gasteiger partial charge in [0.15, 0.2) is 0 Å². The molecule has 1 aliphatic rings. The number of nitrogens with zero attached hydrogens (tertiary/aromatic N) is 3. The number of hydrogen-bond donors (Lipinski definition) is 1. The lowest BCUT2D eigenvalue weighted by atomic mass is 10.1. The van der Waals surface area contributed by atoms with Crippen LogP contribution in [0.25, 0.3) is 16.9 Å². The average molecular weight is 575 g/mol. The Kier molecular flexibility index (Phi) is 8.53. The maximum atomic E-state index is 13.7. The lowest BCUT2D eigenvalue weighted by molar-refractivity contribution is -0.116. The number of methoxy groups -OCH3 is 1. The zero-order valence-corrected chi connectivity index (χ0v) is 24.2. The Balaban J connectivity index is 1.44. The molecule has 2 heterocycles. The Morgan fingerprint density at radius 1 is 1.02 bits per heavy atom. The number of hydrogen-bond acceptors (Lipinski definition) is 6. The lowest BCUT2D eigenvalue weighted by Gasteiger charge is -2.24. The van der Waals surface area contributed by atoms with E-state index in [1.165, 1.54) is 23.5 Å². The van der Waals surface area contributed by atoms with E-state index in [9.17, 15) is 13.2 Å². The molecule has 0 aliphatic carbocycles. The van der Waals surface area contributed by atoms with E-state index in [-0.39, 0.29) is 17.5 Å². The van der Waals surface area contributed by atoms with Crippen molar-refractivity contribution in [3.8, 4) is 22.7 Å². The molecule has 0 radical (unpaired) electrons. The molecule has 214 valence electrons. The van der Waals surface area contributed by atoms with Crippen LogP contribution in [0, 0.1) is 13.8 Å². The van der Waals surface area contributed by atoms with Crippen molar-refractivity contribution in [2.24, 2.45) is 0 Å². The molecule has 5 rings (SSSR count). The van der Waals surface area contributed by atoms with Crippen LogP contribution in [0.15, 0.2) is 83.9 Å². The Labute approximate surface area is 240 Å². The van der Waals surface area contributed by atoms with Gasteiger partial charge in [-0.05, 0) is 63.1 Å². The third kappa shape index (κ3) is 6.67. The first-order chi connectivity index (χ1) is 19.7. The number of carbonyl (C=O) groups is 1. The van der Waals surface area contributed by atoms with Gasteiger partial charge in [-0.25, -0.2) is 13.4 Å². The Hall–Kier alpha value is -3.99. The number of imidazole rings is 1. The summed E-state index contributed by atoms with van der Waals surface area (Å²) in [7, 11) is -2.48. The summed E-state index contributed by atoms with van der Waals surface area (Å²) < 4.78 is 41.2. The Morgan fingerprint density at radius 2 is 1.68 bits per heavy atom. The van der Waals surface area contributed by atoms with Gasteiger partial charge in [0, 0.05) is 30.6 Å². The topological polar surface area (TPSA) is 103 Å². The van der Waals surface area contributed by atoms with Gasteiger partial charge in [0.1, 0.15) is 5.75 Å². The zero-order valence-electron chi connectivity index (χ0n) is 23.4. The third-order valence-electron chi connectivity index (χ3n) is 7.07. The fourth-order valence-electron chi connectivity index (χ4n) is 4.72. The normalized spacial score (nSPS) is 15.3. The number of carbonyl (C=O) groups excluding carboxylic acids is 1. The maximum absolute atomic E-state index is 13.7. The molecule has 1 saturated heterocycles. The maximum Gasteiger partial charge on any atom is 0.243 e. The van der Waals surface area contributed by atoms with Gasteiger partial charge in [-0.1, -0.05) is 47.5 Å². The predicted molar refractivity (Wildman–Crippen MR) is 158 cm³/mol. The SMILES string of the molecule is COc1ccc(S(=O)(=O)N(CC(=O)Nc2nc(-c3ccc(C)cc3)cn2-c2ccc(C)cc2)C[C@@H]2CCCO2)cc1. The van der Waals surface area contributed by atoms with Gasteiger partial charge in [0.25, 0.3) is 0 Å². The number of amides is 1. The van der Waals surface area contributed by atoms with Crippen molar-refractivity contribution >= 4 is 21.9 Å². The summed E-state index contributed by atoms with van der Waals surface area (Å²) in [6.45, 7) is 4.27. The second-order valence-corrected chi connectivity index (χ2v) is 12.1. The fraction of sp³-hybridized carbons (Fsp3) is 0.290. The van der Waals surface area contributed by atoms with E-state index in [0.29, 0.717) is 24.0 Å². The molecule has 0 spiro atoms. The molecule has 10 heteroatoms. The highest BCUT2D eigenvalue weighted by molar-refractivity contribution is 7.89. The third-order valence-corrected chi connectivity index (χ3v) is 8.89. The van der Waals surface area contributed by atoms with Crippen LogP contribution >= 0.6 is 0 Å². The highest BCUT2D eigenvalue weighted by atomic mass is 32.2. The van der Waals surface area contributed by atoms with Crippen molar-refractivity contribution in [2.75, 3.05) is 32.1 Å². The Morgan fingerprint density at radius 3 is 2.29 bits per heavy atom. The van der Waals surface area contributed by atoms with Gasteiger partial charge in [0.05, 0.1) is 30.3 Å². The molecule has 9 nitrogen and oxygen atoms in total. The molecule has 4 aromatic rings. The van der Waals surface area contributed by atoms with Crippen LogP contribution in [0.3, 0.4) is 0 Å². The summed E-state index contributed by atoms with van der Waals surface area (Å²) in [4.78, 5) is 18.3. The molecule has 3 aromatic carbocycles. The first-order valence-corrected chi connectivity index (χ1v) is 15.0. The van der Waals surface area contributed by atoms with Crippen LogP contribution in [0.1, 0.15) is 24.0 Å². The van der Waals surface area contributed by atoms with Gasteiger partial charge >= 0.3 is 0 Å². The molecule has 0 saturated carbocycles. The predicted octanol–water partition coefficient (Wildman–Crippen LogP) is 4.97. The van der Waals surface area contributed by atoms with Crippen LogP contribution in [0.5, 0.6) is 5.75 Å². The van der Waals surface area contributed by atoms with E-state index in [0.717, 1.165) is 35.2 Å². The van der Waals surface area contributed by atoms with Gasteiger partial charge < -0.3 is 9.47 Å². The molecule has 1 fully saturated rings. The molecule has 1 N–H and O–H groups in total. The van der Waals surface area contributed by atoms with Gasteiger partial charge in [-0.15, -0.1) is 0 Å². The summed E-state index contributed by atoms with van der Waals surface area (Å²) in [5.41, 5.74) is 4.64. The number of ether oxygens (including phenoxy) is 2. The summed E-state index contributed by atoms with van der Waals surface area (Å²) in [5, 5.41) is 2.87. The Bertz CT molecular complexity index is 1590. The zero-order chi connectivity index (χ0) is 29.0. The van der Waals surface area contributed by atoms with Crippen molar-refractivity contribution in [3.63, 3.8) is 0 Å². The van der Waals surface area contributed by atoms with E-state index in [4.69, 9.17) is 14.5 Å². The monoisotopic (exact) mass is 574 g/mol. The molecule has 41 heavy (non-hydrogen) atoms. The number of nitrogens with one attached hydrogen (secondary N) is 1. The number of aromatic nitrogens is 2. The number of rotatable bonds is 10. The van der Waals surface area contributed by atoms with Crippen molar-refractivity contribution in [2.45, 2.75) is 37.7 Å². The minimum absolute atomic E-state index is 0.0722. The minimum atomic E-state index is -4.00. The summed E-state index contributed by atoms with van der Waals surface area (Å²) in [5.74, 6) is 0.336. The van der Waals surface area contributed by atoms with E-state index in [2.05, 4.69) is 5.32 Å². The standard InChI is InChI=1S/C31H34N4O5S/c1-22-6-10-24(11-7-22)29-20-35(25-12-8-23(2)9-13-25)31(32-29)33-30(36)21-34(19-27-5-4-18-40-27)41(37,38)28-16-14-26(39-3)15-17-28/h6-17,20,27H,4-5,18-19,21H2,1-3H3,(H,32,33,36)/t27-/m0/s1. The first-order valence-electron chi connectivity index (χ1n) is 13.5. The van der Waals surface area contributed by atoms with E-state index in [1.54, 1.807) is 16.7 Å². The smallest absolute Gasteiger partial charge is 0.243 e. The quantitative estimate of drug-likeness (QED) is 0.287. The first kappa shape index (κ1) is 28.5. The van der Waals surface area contributed by atoms with Crippen LogP contribution in [-0.2, 0) is 19.6 Å². The molecule has 0 unspecified atom stereocenters. The van der Waals surface area contributed by atoms with Crippen LogP contribution in [0.4, 0.5) is 5.95 Å². The van der Waals surface area contributed by atoms with Crippen molar-refractivity contribution in [3.05, 3.63) is 90.1 Å². The summed E-state index contributed by atoms with van der Waals surface area (Å²) in [6, 6.07) is 22.0. The van der Waals surface area contributed by atoms with E-state index >= 15 is 0 Å². The minimum Gasteiger partial charge on any atom is -0.497 e. The number of aryl methyl sites for hydroxylation is 2. The van der Waals surface area contributed by atoms with E-state index < -0.39 is 22.5 Å². The van der Waals surface area contributed by atoms with Crippen LogP contribution in [0.2, 0.25) is 0 Å². The van der Waals surface area contributed by atoms with Crippen LogP contribution < -0.4 is 10.1 Å². The molecule has 1 atom stereocenters. The molecule has 1 aromatic heterocycles. The number of anilines is 1. The second-order valence-electron chi connectivity index (χ2n) is 10.2. The van der Waals surface area contributed by atoms with E-state index in [1.807, 2.05) is 68.6 Å². The average Bonchev–Trinajstić information content (AvgIpc) is 3.64. The van der Waals surface area contributed by atoms with Crippen molar-refractivity contribution in [1.82, 2.24) is 13.9 Å². The highest BCUT2D eigenvalue weighted by Crippen LogP contribution is 2.26. The van der Waals surface area contributed by atoms with Crippen LogP contribution in [-0.4, -0.2) is 61.1 Å². The largest absolute Gasteiger partial charge is 0.497 e. The van der Waals surface area contributed by atoms with Crippen molar-refractivity contribution in [1.29, 1.82) is 0 Å². The van der Waals surface area contributed by atoms with Gasteiger partial charge in [-0.3, -0.25) is 14.7 Å². The number of benzene rings is 3. The second kappa shape index (κ2) is 12.3. The fourth-order valence-corrected chi connectivity index (χ4v) is 6.15. The lowest BCUT2D eigenvalue weighted by Crippen LogP contribution is -2.42. The molecule has 0 bridgehead atoms. The van der Waals surface area contributed by atoms with Crippen molar-refractivity contribution < 1.29 is 22.7 Å². The van der Waals surface area contributed by atoms with Gasteiger partial charge in [0.2, 0.25) is 21.9 Å². The van der Waals surface area contributed by atoms with Gasteiger partial charge in [-0.2, -0.15) is 4.31 Å². The highest BCUT2D eigenvalue weighted by Gasteiger charge is 2.31. The molecular formula is C31H34N4O5S. The molecule has 1 amide bonds. The number of sulfonamides is 1. The molecule has 1 aliphatic heterocycles. The summed E-state index contributed by atoms with van der Waals surface area (Å²) in [6.07, 6.45) is 3.17. The summed E-state index contributed by atoms with van der Waals surface area (Å²) >= 11 is 0.